The summed E-state index contributed by atoms with van der Waals surface area (Å²) in [5, 5.41) is 0. The minimum atomic E-state index is -0.585. The molecular formula is C26H33NO4. The van der Waals surface area contributed by atoms with Crippen molar-refractivity contribution in [1.29, 1.82) is 0 Å². The molecule has 0 radical (unpaired) electrons. The third-order valence-corrected chi connectivity index (χ3v) is 10.6. The molecule has 1 saturated heterocycles. The van der Waals surface area contributed by atoms with Crippen molar-refractivity contribution in [3.8, 4) is 11.5 Å². The van der Waals surface area contributed by atoms with Crippen LogP contribution < -0.4 is 9.47 Å². The van der Waals surface area contributed by atoms with Crippen molar-refractivity contribution in [2.75, 3.05) is 27.3 Å². The van der Waals surface area contributed by atoms with E-state index in [1.807, 2.05) is 0 Å². The molecule has 6 atom stereocenters. The fraction of sp³-hybridized carbons (Fsp3) is 0.731. The molecule has 1 unspecified atom stereocenters. The van der Waals surface area contributed by atoms with E-state index in [0.717, 1.165) is 56.1 Å². The summed E-state index contributed by atoms with van der Waals surface area (Å²) in [6.07, 6.45) is 8.90. The average molecular weight is 424 g/mol. The fourth-order valence-corrected chi connectivity index (χ4v) is 9.17. The molecule has 0 amide bonds. The van der Waals surface area contributed by atoms with E-state index in [0.29, 0.717) is 6.04 Å². The molecule has 4 bridgehead atoms. The predicted molar refractivity (Wildman–Crippen MR) is 116 cm³/mol. The number of carbonyl (C=O) groups is 1. The molecule has 2 aliphatic heterocycles. The van der Waals surface area contributed by atoms with E-state index >= 15 is 0 Å². The highest BCUT2D eigenvalue weighted by atomic mass is 16.6. The lowest BCUT2D eigenvalue weighted by Gasteiger charge is -2.75. The van der Waals surface area contributed by atoms with Crippen molar-refractivity contribution in [1.82, 2.24) is 4.90 Å². The lowest BCUT2D eigenvalue weighted by molar-refractivity contribution is -0.294. The van der Waals surface area contributed by atoms with Crippen LogP contribution in [0.4, 0.5) is 0 Å². The number of hydrogen-bond donors (Lipinski definition) is 0. The van der Waals surface area contributed by atoms with E-state index in [9.17, 15) is 4.79 Å². The predicted octanol–water partition coefficient (Wildman–Crippen LogP) is 3.51. The molecule has 2 spiro atoms. The van der Waals surface area contributed by atoms with Crippen molar-refractivity contribution in [3.63, 3.8) is 0 Å². The van der Waals surface area contributed by atoms with Gasteiger partial charge in [-0.2, -0.15) is 0 Å². The maximum absolute atomic E-state index is 12.7. The van der Waals surface area contributed by atoms with Gasteiger partial charge in [0, 0.05) is 36.1 Å². The number of fused-ring (bicyclic) bond motifs is 2. The van der Waals surface area contributed by atoms with Crippen molar-refractivity contribution in [3.05, 3.63) is 23.3 Å². The Morgan fingerprint density at radius 2 is 2.06 bits per heavy atom. The molecule has 5 fully saturated rings. The summed E-state index contributed by atoms with van der Waals surface area (Å²) >= 11 is 0. The Labute approximate surface area is 184 Å². The zero-order valence-corrected chi connectivity index (χ0v) is 18.9. The van der Waals surface area contributed by atoms with Crippen molar-refractivity contribution < 1.29 is 19.0 Å². The van der Waals surface area contributed by atoms with Crippen LogP contribution in [0.3, 0.4) is 0 Å². The van der Waals surface area contributed by atoms with Crippen LogP contribution >= 0.6 is 0 Å². The smallest absolute Gasteiger partial charge is 0.165 e. The third kappa shape index (κ3) is 1.85. The summed E-state index contributed by atoms with van der Waals surface area (Å²) in [7, 11) is 3.53. The first-order chi connectivity index (χ1) is 15.0. The van der Waals surface area contributed by atoms with E-state index in [-0.39, 0.29) is 16.9 Å². The van der Waals surface area contributed by atoms with Gasteiger partial charge >= 0.3 is 0 Å². The minimum Gasteiger partial charge on any atom is -0.493 e. The highest BCUT2D eigenvalue weighted by molar-refractivity contribution is 5.69. The summed E-state index contributed by atoms with van der Waals surface area (Å²) in [6.45, 7) is 4.48. The van der Waals surface area contributed by atoms with Crippen molar-refractivity contribution in [2.45, 2.75) is 75.0 Å². The standard InChI is InChI=1S/C26H33NO4/c1-23(15-28)14-24-8-9-26(23,30-3)22-25(24)10-11-27(13-16-4-5-16)19(24)12-17-6-7-18(29-2)21(31-22)20(17)25/h6-7,15-16,19,22H,4-5,8-14H2,1-3H3/t19-,22-,23-,24-,25+,26?/m1/s1. The molecule has 2 heterocycles. The van der Waals surface area contributed by atoms with Gasteiger partial charge in [0.25, 0.3) is 0 Å². The number of likely N-dealkylation sites (tertiary alicyclic amines) is 1. The molecule has 1 aromatic rings. The number of hydrogen-bond acceptors (Lipinski definition) is 5. The molecule has 7 aliphatic rings. The van der Waals surface area contributed by atoms with Crippen molar-refractivity contribution >= 4 is 6.29 Å². The van der Waals surface area contributed by atoms with Gasteiger partial charge in [-0.25, -0.2) is 0 Å². The topological polar surface area (TPSA) is 48.0 Å². The highest BCUT2D eigenvalue weighted by Crippen LogP contribution is 2.78. The molecule has 5 nitrogen and oxygen atoms in total. The van der Waals surface area contributed by atoms with Gasteiger partial charge in [-0.3, -0.25) is 4.90 Å². The van der Waals surface area contributed by atoms with Gasteiger partial charge in [0.2, 0.25) is 0 Å². The van der Waals surface area contributed by atoms with Gasteiger partial charge in [-0.15, -0.1) is 0 Å². The van der Waals surface area contributed by atoms with Gasteiger partial charge in [0.1, 0.15) is 18.0 Å². The molecule has 1 aromatic carbocycles. The largest absolute Gasteiger partial charge is 0.493 e. The number of benzene rings is 1. The molecule has 0 aromatic heterocycles. The molecule has 5 aliphatic carbocycles. The van der Waals surface area contributed by atoms with Gasteiger partial charge in [-0.1, -0.05) is 6.07 Å². The summed E-state index contributed by atoms with van der Waals surface area (Å²) in [4.78, 5) is 15.5. The van der Waals surface area contributed by atoms with Crippen LogP contribution in [0.25, 0.3) is 0 Å². The monoisotopic (exact) mass is 423 g/mol. The van der Waals surface area contributed by atoms with Crippen LogP contribution in [0.15, 0.2) is 12.1 Å². The number of carbonyl (C=O) groups excluding carboxylic acids is 1. The summed E-state index contributed by atoms with van der Waals surface area (Å²) in [5.41, 5.74) is 1.69. The average Bonchev–Trinajstić information content (AvgIpc) is 3.52. The van der Waals surface area contributed by atoms with Crippen LogP contribution in [-0.2, 0) is 21.4 Å². The van der Waals surface area contributed by atoms with E-state index < -0.39 is 11.0 Å². The molecule has 166 valence electrons. The second kappa shape index (κ2) is 5.66. The van der Waals surface area contributed by atoms with Crippen LogP contribution in [0.1, 0.15) is 56.6 Å². The normalized spacial score (nSPS) is 46.4. The zero-order valence-electron chi connectivity index (χ0n) is 18.9. The molecule has 8 rings (SSSR count). The number of methoxy groups -OCH3 is 2. The quantitative estimate of drug-likeness (QED) is 0.679. The number of nitrogens with zero attached hydrogens (tertiary/aromatic N) is 1. The molecule has 5 heteroatoms. The second-order valence-corrected chi connectivity index (χ2v) is 11.5. The first kappa shape index (κ1) is 18.9. The Balaban J connectivity index is 1.51. The molecular weight excluding hydrogens is 390 g/mol. The first-order valence-electron chi connectivity index (χ1n) is 12.1. The number of piperidine rings is 1. The van der Waals surface area contributed by atoms with E-state index in [2.05, 4.69) is 24.0 Å². The van der Waals surface area contributed by atoms with Gasteiger partial charge in [-0.05, 0) is 76.0 Å². The highest BCUT2D eigenvalue weighted by Gasteiger charge is 2.83. The maximum Gasteiger partial charge on any atom is 0.165 e. The van der Waals surface area contributed by atoms with Crippen molar-refractivity contribution in [2.24, 2.45) is 16.7 Å². The molecule has 0 N–H and O–H groups in total. The first-order valence-corrected chi connectivity index (χ1v) is 12.1. The fourth-order valence-electron chi connectivity index (χ4n) is 9.17. The van der Waals surface area contributed by atoms with Gasteiger partial charge in [0.15, 0.2) is 11.5 Å². The van der Waals surface area contributed by atoms with Crippen LogP contribution in [0.2, 0.25) is 0 Å². The van der Waals surface area contributed by atoms with E-state index in [1.54, 1.807) is 14.2 Å². The Kier molecular flexibility index (Phi) is 3.46. The van der Waals surface area contributed by atoms with Crippen LogP contribution in [-0.4, -0.2) is 56.2 Å². The van der Waals surface area contributed by atoms with Crippen LogP contribution in [0.5, 0.6) is 11.5 Å². The van der Waals surface area contributed by atoms with E-state index in [1.165, 1.54) is 36.8 Å². The van der Waals surface area contributed by atoms with E-state index in [4.69, 9.17) is 14.2 Å². The lowest BCUT2D eigenvalue weighted by Crippen LogP contribution is -2.83. The summed E-state index contributed by atoms with van der Waals surface area (Å²) in [6, 6.07) is 4.85. The summed E-state index contributed by atoms with van der Waals surface area (Å²) < 4.78 is 19.1. The van der Waals surface area contributed by atoms with Gasteiger partial charge in [0.05, 0.1) is 12.5 Å². The van der Waals surface area contributed by atoms with Gasteiger partial charge < -0.3 is 19.0 Å². The maximum atomic E-state index is 12.7. The third-order valence-electron chi connectivity index (χ3n) is 10.6. The Hall–Kier alpha value is -1.59. The Morgan fingerprint density at radius 3 is 2.77 bits per heavy atom. The molecule has 31 heavy (non-hydrogen) atoms. The lowest BCUT2D eigenvalue weighted by atomic mass is 9.32. The zero-order chi connectivity index (χ0) is 21.2. The summed E-state index contributed by atoms with van der Waals surface area (Å²) in [5.74, 6) is 2.63. The minimum absolute atomic E-state index is 0.0609. The van der Waals surface area contributed by atoms with Crippen LogP contribution in [0, 0.1) is 16.7 Å². The second-order valence-electron chi connectivity index (χ2n) is 11.5. The number of aldehydes is 1. The Bertz CT molecular complexity index is 990. The number of rotatable bonds is 5. The number of ether oxygens (including phenoxy) is 3. The Morgan fingerprint density at radius 1 is 1.23 bits per heavy atom. The molecule has 4 saturated carbocycles. The SMILES string of the molecule is COc1ccc2c3c1O[C@H]1C4(OC)CC[C@@]5(C[C@]4(C)C=O)[C@@H](C2)N(CC2CC2)CC[C@]315.